The molecule has 0 aromatic carbocycles. The molecule has 3 N–H and O–H groups in total. The maximum Gasteiger partial charge on any atom is 0.0537 e. The molecule has 0 radical (unpaired) electrons. The Morgan fingerprint density at radius 2 is 2.44 bits per heavy atom. The van der Waals surface area contributed by atoms with Crippen molar-refractivity contribution in [2.24, 2.45) is 5.92 Å². The summed E-state index contributed by atoms with van der Waals surface area (Å²) in [4.78, 5) is 0. The van der Waals surface area contributed by atoms with Crippen LogP contribution in [0.4, 0.5) is 0 Å². The molecule has 0 bridgehead atoms. The number of nitrogens with zero attached hydrogens (tertiary/aromatic N) is 1. The lowest BCUT2D eigenvalue weighted by Crippen LogP contribution is -2.35. The van der Waals surface area contributed by atoms with Gasteiger partial charge in [-0.3, -0.25) is 5.10 Å². The lowest BCUT2D eigenvalue weighted by Gasteiger charge is -2.23. The van der Waals surface area contributed by atoms with Crippen LogP contribution in [0.25, 0.3) is 0 Å². The van der Waals surface area contributed by atoms with Crippen LogP contribution in [0.15, 0.2) is 6.20 Å². The monoisotopic (exact) mass is 223 g/mol. The number of hydrogen-bond acceptors (Lipinski definition) is 3. The summed E-state index contributed by atoms with van der Waals surface area (Å²) in [7, 11) is 0. The molecule has 1 heterocycles. The summed E-state index contributed by atoms with van der Waals surface area (Å²) in [6, 6.07) is 0.755. The minimum Gasteiger partial charge on any atom is -0.396 e. The molecule has 1 aromatic heterocycles. The quantitative estimate of drug-likeness (QED) is 0.725. The third-order valence-corrected chi connectivity index (χ3v) is 3.69. The molecule has 1 saturated carbocycles. The molecule has 3 unspecified atom stereocenters. The summed E-state index contributed by atoms with van der Waals surface area (Å²) < 4.78 is 0. The first-order valence-electron chi connectivity index (χ1n) is 6.09. The van der Waals surface area contributed by atoms with E-state index in [4.69, 9.17) is 0 Å². The summed E-state index contributed by atoms with van der Waals surface area (Å²) in [5.41, 5.74) is 2.35. The van der Waals surface area contributed by atoms with Crippen LogP contribution in [-0.2, 0) is 0 Å². The Morgan fingerprint density at radius 1 is 1.62 bits per heavy atom. The number of aromatic amines is 1. The summed E-state index contributed by atoms with van der Waals surface area (Å²) in [5, 5.41) is 19.9. The Labute approximate surface area is 96.5 Å². The highest BCUT2D eigenvalue weighted by Crippen LogP contribution is 2.27. The molecule has 90 valence electrons. The molecule has 1 fully saturated rings. The minimum absolute atomic E-state index is 0.300. The van der Waals surface area contributed by atoms with E-state index in [1.165, 1.54) is 18.4 Å². The predicted octanol–water partition coefficient (Wildman–Crippen LogP) is 1.53. The van der Waals surface area contributed by atoms with Crippen LogP contribution in [0.2, 0.25) is 0 Å². The summed E-state index contributed by atoms with van der Waals surface area (Å²) >= 11 is 0. The van der Waals surface area contributed by atoms with Crippen molar-refractivity contribution in [1.29, 1.82) is 0 Å². The molecule has 4 nitrogen and oxygen atoms in total. The number of rotatable bonds is 4. The van der Waals surface area contributed by atoms with Crippen LogP contribution in [-0.4, -0.2) is 28.0 Å². The van der Waals surface area contributed by atoms with Crippen molar-refractivity contribution in [3.05, 3.63) is 17.5 Å². The lowest BCUT2D eigenvalue weighted by atomic mass is 10.0. The van der Waals surface area contributed by atoms with Crippen LogP contribution in [0.5, 0.6) is 0 Å². The number of H-pyrrole nitrogens is 1. The van der Waals surface area contributed by atoms with E-state index >= 15 is 0 Å². The van der Waals surface area contributed by atoms with Gasteiger partial charge in [0.2, 0.25) is 0 Å². The fraction of sp³-hybridized carbons (Fsp3) is 0.750. The molecule has 1 aliphatic carbocycles. The highest BCUT2D eigenvalue weighted by Gasteiger charge is 2.28. The lowest BCUT2D eigenvalue weighted by molar-refractivity contribution is 0.200. The molecule has 1 aliphatic rings. The van der Waals surface area contributed by atoms with Crippen molar-refractivity contribution in [3.63, 3.8) is 0 Å². The molecule has 0 amide bonds. The van der Waals surface area contributed by atoms with Gasteiger partial charge in [-0.15, -0.1) is 0 Å². The molecule has 3 atom stereocenters. The second-order valence-electron chi connectivity index (χ2n) is 4.82. The second kappa shape index (κ2) is 4.97. The molecular formula is C12H21N3O. The van der Waals surface area contributed by atoms with Crippen LogP contribution in [0.3, 0.4) is 0 Å². The van der Waals surface area contributed by atoms with E-state index < -0.39 is 0 Å². The molecule has 2 rings (SSSR count). The average molecular weight is 223 g/mol. The molecule has 0 saturated heterocycles. The predicted molar refractivity (Wildman–Crippen MR) is 63.1 cm³/mol. The number of aryl methyl sites for hydroxylation is 1. The minimum atomic E-state index is 0.300. The van der Waals surface area contributed by atoms with Gasteiger partial charge in [0.1, 0.15) is 0 Å². The van der Waals surface area contributed by atoms with E-state index in [1.807, 2.05) is 13.1 Å². The van der Waals surface area contributed by atoms with Gasteiger partial charge in [-0.05, 0) is 32.6 Å². The number of aliphatic hydroxyl groups is 1. The first-order valence-corrected chi connectivity index (χ1v) is 6.09. The van der Waals surface area contributed by atoms with Crippen LogP contribution in [0, 0.1) is 12.8 Å². The van der Waals surface area contributed by atoms with E-state index in [1.54, 1.807) is 0 Å². The van der Waals surface area contributed by atoms with Crippen molar-refractivity contribution >= 4 is 0 Å². The van der Waals surface area contributed by atoms with Gasteiger partial charge in [0.25, 0.3) is 0 Å². The van der Waals surface area contributed by atoms with Gasteiger partial charge in [0.15, 0.2) is 0 Å². The van der Waals surface area contributed by atoms with Crippen LogP contribution in [0.1, 0.15) is 43.5 Å². The second-order valence-corrected chi connectivity index (χ2v) is 4.82. The highest BCUT2D eigenvalue weighted by molar-refractivity contribution is 5.18. The molecule has 1 aromatic rings. The Bertz CT molecular complexity index is 337. The third kappa shape index (κ3) is 2.28. The van der Waals surface area contributed by atoms with Crippen LogP contribution < -0.4 is 5.32 Å². The molecule has 0 aliphatic heterocycles. The van der Waals surface area contributed by atoms with Crippen molar-refractivity contribution in [3.8, 4) is 0 Å². The first-order chi connectivity index (χ1) is 7.72. The molecule has 0 spiro atoms. The maximum atomic E-state index is 9.28. The zero-order valence-electron chi connectivity index (χ0n) is 10.0. The summed E-state index contributed by atoms with van der Waals surface area (Å²) in [6.07, 6.45) is 5.42. The standard InChI is InChI=1S/C12H21N3O/c1-8(11-6-13-15-9(11)2)14-12-5-3-4-10(12)7-16/h6,8,10,12,14,16H,3-5,7H2,1-2H3,(H,13,15). The normalized spacial score (nSPS) is 27.2. The average Bonchev–Trinajstić information content (AvgIpc) is 2.86. The largest absolute Gasteiger partial charge is 0.396 e. The number of nitrogens with one attached hydrogen (secondary N) is 2. The summed E-state index contributed by atoms with van der Waals surface area (Å²) in [6.45, 7) is 4.50. The maximum absolute atomic E-state index is 9.28. The Morgan fingerprint density at radius 3 is 3.06 bits per heavy atom. The third-order valence-electron chi connectivity index (χ3n) is 3.69. The number of aliphatic hydroxyl groups excluding tert-OH is 1. The van der Waals surface area contributed by atoms with E-state index in [-0.39, 0.29) is 0 Å². The van der Waals surface area contributed by atoms with Gasteiger partial charge in [0.05, 0.1) is 6.20 Å². The van der Waals surface area contributed by atoms with Gasteiger partial charge < -0.3 is 10.4 Å². The smallest absolute Gasteiger partial charge is 0.0537 e. The van der Waals surface area contributed by atoms with E-state index in [9.17, 15) is 5.11 Å². The first kappa shape index (κ1) is 11.6. The van der Waals surface area contributed by atoms with Gasteiger partial charge in [-0.25, -0.2) is 0 Å². The fourth-order valence-electron chi connectivity index (χ4n) is 2.68. The molecule has 16 heavy (non-hydrogen) atoms. The Balaban J connectivity index is 1.97. The Kier molecular flexibility index (Phi) is 3.61. The van der Waals surface area contributed by atoms with Crippen LogP contribution >= 0.6 is 0 Å². The summed E-state index contributed by atoms with van der Waals surface area (Å²) in [5.74, 6) is 0.426. The van der Waals surface area contributed by atoms with Crippen molar-refractivity contribution < 1.29 is 5.11 Å². The number of hydrogen-bond donors (Lipinski definition) is 3. The Hall–Kier alpha value is -0.870. The number of aromatic nitrogens is 2. The van der Waals surface area contributed by atoms with Gasteiger partial charge in [-0.1, -0.05) is 6.42 Å². The molecular weight excluding hydrogens is 202 g/mol. The SMILES string of the molecule is Cc1[nH]ncc1C(C)NC1CCCC1CO. The van der Waals surface area contributed by atoms with E-state index in [2.05, 4.69) is 22.4 Å². The van der Waals surface area contributed by atoms with Crippen molar-refractivity contribution in [1.82, 2.24) is 15.5 Å². The topological polar surface area (TPSA) is 60.9 Å². The van der Waals surface area contributed by atoms with Gasteiger partial charge >= 0.3 is 0 Å². The van der Waals surface area contributed by atoms with Crippen molar-refractivity contribution in [2.75, 3.05) is 6.61 Å². The van der Waals surface area contributed by atoms with Gasteiger partial charge in [0, 0.05) is 29.9 Å². The zero-order chi connectivity index (χ0) is 11.5. The van der Waals surface area contributed by atoms with Gasteiger partial charge in [-0.2, -0.15) is 5.10 Å². The van der Waals surface area contributed by atoms with E-state index in [0.29, 0.717) is 24.6 Å². The molecule has 4 heteroatoms. The van der Waals surface area contributed by atoms with Crippen molar-refractivity contribution in [2.45, 2.75) is 45.2 Å². The fourth-order valence-corrected chi connectivity index (χ4v) is 2.68. The van der Waals surface area contributed by atoms with E-state index in [0.717, 1.165) is 12.1 Å². The zero-order valence-corrected chi connectivity index (χ0v) is 10.0. The highest BCUT2D eigenvalue weighted by atomic mass is 16.3.